The van der Waals surface area contributed by atoms with Gasteiger partial charge in [-0.25, -0.2) is 9.59 Å². The monoisotopic (exact) mass is 550 g/mol. The molecule has 0 spiro atoms. The second-order valence-corrected chi connectivity index (χ2v) is 10.6. The van der Waals surface area contributed by atoms with Gasteiger partial charge in [0.1, 0.15) is 11.5 Å². The first-order valence-electron chi connectivity index (χ1n) is 13.6. The van der Waals surface area contributed by atoms with Crippen LogP contribution >= 0.6 is 0 Å². The maximum atomic E-state index is 12.7. The Morgan fingerprint density at radius 2 is 1.07 bits per heavy atom. The number of esters is 2. The number of unbranched alkanes of at least 4 members (excludes halogenated alkanes) is 1. The Morgan fingerprint density at radius 1 is 0.634 bits per heavy atom. The Hall–Kier alpha value is -4.71. The maximum absolute atomic E-state index is 12.7. The summed E-state index contributed by atoms with van der Waals surface area (Å²) in [5, 5.41) is 8.74. The Morgan fingerprint density at radius 3 is 1.56 bits per heavy atom. The van der Waals surface area contributed by atoms with Gasteiger partial charge >= 0.3 is 17.9 Å². The summed E-state index contributed by atoms with van der Waals surface area (Å²) < 4.78 is 11.1. The van der Waals surface area contributed by atoms with Crippen LogP contribution in [-0.2, 0) is 16.6 Å². The number of benzene rings is 4. The number of hydrogen-bond acceptors (Lipinski definition) is 5. The molecule has 1 N–H and O–H groups in total. The second-order valence-electron chi connectivity index (χ2n) is 10.6. The summed E-state index contributed by atoms with van der Waals surface area (Å²) in [6.07, 6.45) is 2.34. The molecule has 0 aliphatic rings. The zero-order chi connectivity index (χ0) is 29.4. The van der Waals surface area contributed by atoms with Gasteiger partial charge in [0.25, 0.3) is 0 Å². The minimum Gasteiger partial charge on any atom is -0.481 e. The number of carboxylic acids is 1. The van der Waals surface area contributed by atoms with Gasteiger partial charge in [0.15, 0.2) is 0 Å². The van der Waals surface area contributed by atoms with E-state index in [1.165, 1.54) is 0 Å². The smallest absolute Gasteiger partial charge is 0.343 e. The Kier molecular flexibility index (Phi) is 9.35. The van der Waals surface area contributed by atoms with Crippen molar-refractivity contribution in [3.05, 3.63) is 130 Å². The lowest BCUT2D eigenvalue weighted by molar-refractivity contribution is -0.137. The maximum Gasteiger partial charge on any atom is 0.343 e. The van der Waals surface area contributed by atoms with Crippen LogP contribution in [0.25, 0.3) is 0 Å². The molecule has 0 atom stereocenters. The van der Waals surface area contributed by atoms with Crippen molar-refractivity contribution < 1.29 is 29.0 Å². The number of aryl methyl sites for hydroxylation is 2. The topological polar surface area (TPSA) is 89.9 Å². The fourth-order valence-electron chi connectivity index (χ4n) is 4.48. The number of ether oxygens (including phenoxy) is 2. The van der Waals surface area contributed by atoms with Crippen LogP contribution in [0.1, 0.15) is 76.1 Å². The highest BCUT2D eigenvalue weighted by molar-refractivity contribution is 5.91. The van der Waals surface area contributed by atoms with Gasteiger partial charge in [-0.15, -0.1) is 0 Å². The highest BCUT2D eigenvalue weighted by Crippen LogP contribution is 2.33. The molecular formula is C35H34O6. The highest BCUT2D eigenvalue weighted by atomic mass is 16.5. The van der Waals surface area contributed by atoms with Gasteiger partial charge in [0.05, 0.1) is 11.1 Å². The van der Waals surface area contributed by atoms with Crippen molar-refractivity contribution in [2.45, 2.75) is 51.9 Å². The van der Waals surface area contributed by atoms with E-state index in [2.05, 4.69) is 13.8 Å². The summed E-state index contributed by atoms with van der Waals surface area (Å²) in [5.41, 5.74) is 4.76. The summed E-state index contributed by atoms with van der Waals surface area (Å²) in [4.78, 5) is 35.9. The predicted molar refractivity (Wildman–Crippen MR) is 158 cm³/mol. The molecule has 210 valence electrons. The van der Waals surface area contributed by atoms with Crippen molar-refractivity contribution in [3.63, 3.8) is 0 Å². The van der Waals surface area contributed by atoms with E-state index in [1.54, 1.807) is 48.5 Å². The summed E-state index contributed by atoms with van der Waals surface area (Å²) in [7, 11) is 0. The van der Waals surface area contributed by atoms with Gasteiger partial charge in [0, 0.05) is 11.8 Å². The Labute approximate surface area is 240 Å². The molecule has 6 nitrogen and oxygen atoms in total. The molecule has 4 aromatic rings. The molecule has 41 heavy (non-hydrogen) atoms. The SMILES string of the molecule is Cc1ccc(OC(=O)c2ccc(C(C)(C)c3ccc(OC(=O)c4ccc(CCCCC(=O)O)cc4)cc3)cc2)cc1. The van der Waals surface area contributed by atoms with E-state index in [9.17, 15) is 14.4 Å². The van der Waals surface area contributed by atoms with Gasteiger partial charge in [0.2, 0.25) is 0 Å². The highest BCUT2D eigenvalue weighted by Gasteiger charge is 2.24. The average molecular weight is 551 g/mol. The van der Waals surface area contributed by atoms with Crippen LogP contribution in [0.3, 0.4) is 0 Å². The molecule has 0 radical (unpaired) electrons. The van der Waals surface area contributed by atoms with Crippen LogP contribution < -0.4 is 9.47 Å². The van der Waals surface area contributed by atoms with Gasteiger partial charge in [-0.1, -0.05) is 67.9 Å². The number of carbonyl (C=O) groups is 3. The van der Waals surface area contributed by atoms with E-state index < -0.39 is 17.9 Å². The number of hydrogen-bond donors (Lipinski definition) is 1. The zero-order valence-electron chi connectivity index (χ0n) is 23.6. The molecule has 0 bridgehead atoms. The molecule has 0 saturated heterocycles. The Balaban J connectivity index is 1.34. The van der Waals surface area contributed by atoms with Crippen molar-refractivity contribution in [3.8, 4) is 11.5 Å². The molecule has 0 fully saturated rings. The third kappa shape index (κ3) is 7.92. The standard InChI is InChI=1S/C35H34O6/c1-24-8-20-30(21-9-24)40-34(39)27-14-16-28(17-15-27)35(2,3)29-18-22-31(23-19-29)41-33(38)26-12-10-25(11-13-26)6-4-5-7-32(36)37/h8-23H,4-7H2,1-3H3,(H,36,37). The van der Waals surface area contributed by atoms with Crippen LogP contribution in [0.2, 0.25) is 0 Å². The van der Waals surface area contributed by atoms with E-state index in [1.807, 2.05) is 55.5 Å². The molecule has 6 heteroatoms. The van der Waals surface area contributed by atoms with Crippen LogP contribution in [0.15, 0.2) is 97.1 Å². The first-order chi connectivity index (χ1) is 19.6. The molecule has 4 aromatic carbocycles. The molecule has 0 aliphatic heterocycles. The first-order valence-corrected chi connectivity index (χ1v) is 13.6. The summed E-state index contributed by atoms with van der Waals surface area (Å²) in [6.45, 7) is 6.16. The molecule has 4 rings (SSSR count). The minimum absolute atomic E-state index is 0.165. The van der Waals surface area contributed by atoms with Gasteiger partial charge in [-0.3, -0.25) is 4.79 Å². The molecule has 0 heterocycles. The lowest BCUT2D eigenvalue weighted by Crippen LogP contribution is -2.19. The molecule has 0 unspecified atom stereocenters. The van der Waals surface area contributed by atoms with E-state index in [0.717, 1.165) is 35.1 Å². The minimum atomic E-state index is -0.785. The summed E-state index contributed by atoms with van der Waals surface area (Å²) in [5.74, 6) is -0.682. The fraction of sp³-hybridized carbons (Fsp3) is 0.229. The normalized spacial score (nSPS) is 11.1. The van der Waals surface area contributed by atoms with Crippen molar-refractivity contribution in [2.75, 3.05) is 0 Å². The number of aliphatic carboxylic acids is 1. The van der Waals surface area contributed by atoms with Gasteiger partial charge < -0.3 is 14.6 Å². The van der Waals surface area contributed by atoms with Crippen LogP contribution in [0.5, 0.6) is 11.5 Å². The van der Waals surface area contributed by atoms with Crippen molar-refractivity contribution in [1.29, 1.82) is 0 Å². The second kappa shape index (κ2) is 13.1. The van der Waals surface area contributed by atoms with E-state index in [4.69, 9.17) is 14.6 Å². The molecule has 0 saturated carbocycles. The van der Waals surface area contributed by atoms with Gasteiger partial charge in [-0.05, 0) is 91.4 Å². The number of carbonyl (C=O) groups excluding carboxylic acids is 2. The van der Waals surface area contributed by atoms with Gasteiger partial charge in [-0.2, -0.15) is 0 Å². The van der Waals surface area contributed by atoms with E-state index in [0.29, 0.717) is 29.0 Å². The average Bonchev–Trinajstić information content (AvgIpc) is 2.97. The fourth-order valence-corrected chi connectivity index (χ4v) is 4.48. The predicted octanol–water partition coefficient (Wildman–Crippen LogP) is 7.56. The Bertz CT molecular complexity index is 1480. The number of rotatable bonds is 11. The van der Waals surface area contributed by atoms with Crippen LogP contribution in [0.4, 0.5) is 0 Å². The molecule has 0 amide bonds. The third-order valence-electron chi connectivity index (χ3n) is 7.16. The molecule has 0 aromatic heterocycles. The lowest BCUT2D eigenvalue weighted by Gasteiger charge is -2.26. The van der Waals surface area contributed by atoms with Crippen molar-refractivity contribution in [2.24, 2.45) is 0 Å². The van der Waals surface area contributed by atoms with Crippen molar-refractivity contribution >= 4 is 17.9 Å². The molecule has 0 aliphatic carbocycles. The first kappa shape index (κ1) is 29.3. The number of carboxylic acid groups (broad SMARTS) is 1. The third-order valence-corrected chi connectivity index (χ3v) is 7.16. The van der Waals surface area contributed by atoms with Crippen LogP contribution in [0, 0.1) is 6.92 Å². The summed E-state index contributed by atoms with van der Waals surface area (Å²) in [6, 6.07) is 29.4. The summed E-state index contributed by atoms with van der Waals surface area (Å²) >= 11 is 0. The quantitative estimate of drug-likeness (QED) is 0.118. The van der Waals surface area contributed by atoms with Crippen molar-refractivity contribution in [1.82, 2.24) is 0 Å². The molecular weight excluding hydrogens is 516 g/mol. The van der Waals surface area contributed by atoms with E-state index >= 15 is 0 Å². The zero-order valence-corrected chi connectivity index (χ0v) is 23.6. The largest absolute Gasteiger partial charge is 0.481 e. The van der Waals surface area contributed by atoms with E-state index in [-0.39, 0.29) is 11.8 Å². The lowest BCUT2D eigenvalue weighted by atomic mass is 9.78. The van der Waals surface area contributed by atoms with Crippen LogP contribution in [-0.4, -0.2) is 23.0 Å².